The zero-order chi connectivity index (χ0) is 22.7. The molecule has 1 aliphatic carbocycles. The fourth-order valence-corrected chi connectivity index (χ4v) is 3.67. The maximum atomic E-state index is 14.6. The number of halogens is 3. The Morgan fingerprint density at radius 2 is 1.88 bits per heavy atom. The zero-order valence-electron chi connectivity index (χ0n) is 17.2. The van der Waals surface area contributed by atoms with Crippen molar-refractivity contribution < 1.29 is 23.0 Å². The molecule has 0 aromatic heterocycles. The van der Waals surface area contributed by atoms with E-state index < -0.39 is 12.5 Å². The molecule has 0 heterocycles. The van der Waals surface area contributed by atoms with Gasteiger partial charge in [0, 0.05) is 28.3 Å². The first kappa shape index (κ1) is 21.8. The van der Waals surface area contributed by atoms with Crippen molar-refractivity contribution in [3.05, 3.63) is 99.7 Å². The van der Waals surface area contributed by atoms with E-state index in [4.69, 9.17) is 21.1 Å². The van der Waals surface area contributed by atoms with Gasteiger partial charge in [-0.3, -0.25) is 4.79 Å². The number of rotatable bonds is 7. The molecule has 0 atom stereocenters. The third-order valence-corrected chi connectivity index (χ3v) is 5.36. The fourth-order valence-electron chi connectivity index (χ4n) is 3.48. The van der Waals surface area contributed by atoms with Crippen molar-refractivity contribution in [2.75, 3.05) is 13.7 Å². The minimum atomic E-state index is -3.28. The molecule has 3 aromatic rings. The maximum absolute atomic E-state index is 14.6. The van der Waals surface area contributed by atoms with E-state index >= 15 is 0 Å². The lowest BCUT2D eigenvalue weighted by Crippen LogP contribution is -2.24. The standard InChI is InChI=1S/C25H20ClF2NO3/c1-31-22-10-9-18(24(30)29-21-11-16-5-2-3-6-17(16)12-21)13-23(22)32-15-25(27,28)19-7-4-8-20(26)14-19/h2-11,13-14H,12,15H2,1H3,(H,29,30). The lowest BCUT2D eigenvalue weighted by atomic mass is 10.1. The zero-order valence-corrected chi connectivity index (χ0v) is 18.0. The highest BCUT2D eigenvalue weighted by molar-refractivity contribution is 6.30. The van der Waals surface area contributed by atoms with Gasteiger partial charge in [-0.25, -0.2) is 0 Å². The van der Waals surface area contributed by atoms with Gasteiger partial charge < -0.3 is 14.8 Å². The van der Waals surface area contributed by atoms with Crippen molar-refractivity contribution in [2.45, 2.75) is 12.3 Å². The second-order valence-electron chi connectivity index (χ2n) is 7.37. The molecule has 7 heteroatoms. The number of ether oxygens (including phenoxy) is 2. The molecule has 4 nitrogen and oxygen atoms in total. The predicted octanol–water partition coefficient (Wildman–Crippen LogP) is 5.85. The molecular weight excluding hydrogens is 436 g/mol. The summed E-state index contributed by atoms with van der Waals surface area (Å²) in [6, 6.07) is 17.8. The van der Waals surface area contributed by atoms with Gasteiger partial charge in [-0.05, 0) is 47.5 Å². The highest BCUT2D eigenvalue weighted by atomic mass is 35.5. The summed E-state index contributed by atoms with van der Waals surface area (Å²) in [5.74, 6) is -3.35. The summed E-state index contributed by atoms with van der Waals surface area (Å²) in [5, 5.41) is 3.08. The highest BCUT2D eigenvalue weighted by Gasteiger charge is 2.33. The molecular formula is C25H20ClF2NO3. The molecule has 32 heavy (non-hydrogen) atoms. The van der Waals surface area contributed by atoms with E-state index in [1.54, 1.807) is 6.07 Å². The average molecular weight is 456 g/mol. The predicted molar refractivity (Wildman–Crippen MR) is 119 cm³/mol. The number of hydrogen-bond donors (Lipinski definition) is 1. The van der Waals surface area contributed by atoms with Gasteiger partial charge in [0.2, 0.25) is 0 Å². The number of amides is 1. The molecule has 0 saturated carbocycles. The summed E-state index contributed by atoms with van der Waals surface area (Å²) in [7, 11) is 1.40. The van der Waals surface area contributed by atoms with Gasteiger partial charge in [-0.15, -0.1) is 0 Å². The Kier molecular flexibility index (Phi) is 6.15. The first-order valence-electron chi connectivity index (χ1n) is 9.90. The van der Waals surface area contributed by atoms with Gasteiger partial charge in [0.05, 0.1) is 7.11 Å². The van der Waals surface area contributed by atoms with Crippen molar-refractivity contribution in [1.29, 1.82) is 0 Å². The van der Waals surface area contributed by atoms with Crippen LogP contribution >= 0.6 is 11.6 Å². The molecule has 0 radical (unpaired) electrons. The van der Waals surface area contributed by atoms with Gasteiger partial charge in [0.1, 0.15) is 0 Å². The van der Waals surface area contributed by atoms with Crippen LogP contribution in [0.4, 0.5) is 8.78 Å². The van der Waals surface area contributed by atoms with E-state index in [9.17, 15) is 13.6 Å². The Hall–Kier alpha value is -3.38. The van der Waals surface area contributed by atoms with E-state index in [-0.39, 0.29) is 33.6 Å². The molecule has 1 N–H and O–H groups in total. The number of allylic oxidation sites excluding steroid dienone is 1. The first-order chi connectivity index (χ1) is 15.4. The third-order valence-electron chi connectivity index (χ3n) is 5.12. The van der Waals surface area contributed by atoms with Crippen LogP contribution in [0.5, 0.6) is 11.5 Å². The first-order valence-corrected chi connectivity index (χ1v) is 10.3. The van der Waals surface area contributed by atoms with Crippen molar-refractivity contribution in [2.24, 2.45) is 0 Å². The minimum absolute atomic E-state index is 0.0468. The van der Waals surface area contributed by atoms with Crippen LogP contribution in [0.1, 0.15) is 27.0 Å². The Morgan fingerprint density at radius 3 is 2.62 bits per heavy atom. The van der Waals surface area contributed by atoms with Crippen LogP contribution < -0.4 is 14.8 Å². The summed E-state index contributed by atoms with van der Waals surface area (Å²) in [6.07, 6.45) is 2.53. The van der Waals surface area contributed by atoms with E-state index in [1.165, 1.54) is 43.5 Å². The molecule has 1 amide bonds. The van der Waals surface area contributed by atoms with Crippen LogP contribution in [0.15, 0.2) is 72.4 Å². The van der Waals surface area contributed by atoms with Gasteiger partial charge in [0.25, 0.3) is 5.91 Å². The molecule has 0 fully saturated rings. The number of hydrogen-bond acceptors (Lipinski definition) is 3. The Balaban J connectivity index is 1.48. The molecule has 0 spiro atoms. The average Bonchev–Trinajstić information content (AvgIpc) is 3.19. The molecule has 3 aromatic carbocycles. The lowest BCUT2D eigenvalue weighted by molar-refractivity contribution is -0.0472. The van der Waals surface area contributed by atoms with Crippen LogP contribution in [0, 0.1) is 0 Å². The largest absolute Gasteiger partial charge is 0.493 e. The Morgan fingerprint density at radius 1 is 1.06 bits per heavy atom. The smallest absolute Gasteiger partial charge is 0.306 e. The van der Waals surface area contributed by atoms with Crippen LogP contribution in [-0.4, -0.2) is 19.6 Å². The molecule has 0 bridgehead atoms. The number of methoxy groups -OCH3 is 1. The fraction of sp³-hybridized carbons (Fsp3) is 0.160. The SMILES string of the molecule is COc1ccc(C(=O)NC2=Cc3ccccc3C2)cc1OCC(F)(F)c1cccc(Cl)c1. The van der Waals surface area contributed by atoms with Crippen molar-refractivity contribution in [1.82, 2.24) is 5.32 Å². The molecule has 164 valence electrons. The van der Waals surface area contributed by atoms with E-state index in [0.29, 0.717) is 6.42 Å². The summed E-state index contributed by atoms with van der Waals surface area (Å²) < 4.78 is 39.8. The molecule has 0 aliphatic heterocycles. The normalized spacial score (nSPS) is 12.7. The van der Waals surface area contributed by atoms with Gasteiger partial charge in [-0.2, -0.15) is 8.78 Å². The number of alkyl halides is 2. The number of carbonyl (C=O) groups excluding carboxylic acids is 1. The van der Waals surface area contributed by atoms with Crippen LogP contribution in [-0.2, 0) is 12.3 Å². The maximum Gasteiger partial charge on any atom is 0.306 e. The second-order valence-corrected chi connectivity index (χ2v) is 7.80. The van der Waals surface area contributed by atoms with Crippen molar-refractivity contribution in [3.63, 3.8) is 0 Å². The molecule has 0 unspecified atom stereocenters. The molecule has 4 rings (SSSR count). The van der Waals surface area contributed by atoms with Crippen LogP contribution in [0.3, 0.4) is 0 Å². The summed E-state index contributed by atoms with van der Waals surface area (Å²) in [4.78, 5) is 12.8. The van der Waals surface area contributed by atoms with E-state index in [2.05, 4.69) is 5.32 Å². The van der Waals surface area contributed by atoms with Crippen LogP contribution in [0.2, 0.25) is 5.02 Å². The quantitative estimate of drug-likeness (QED) is 0.486. The van der Waals surface area contributed by atoms with Crippen LogP contribution in [0.25, 0.3) is 6.08 Å². The van der Waals surface area contributed by atoms with Gasteiger partial charge in [-0.1, -0.05) is 48.0 Å². The third kappa shape index (κ3) is 4.75. The van der Waals surface area contributed by atoms with E-state index in [0.717, 1.165) is 16.8 Å². The van der Waals surface area contributed by atoms with Gasteiger partial charge in [0.15, 0.2) is 18.1 Å². The summed E-state index contributed by atoms with van der Waals surface area (Å²) in [5.41, 5.74) is 2.96. The summed E-state index contributed by atoms with van der Waals surface area (Å²) >= 11 is 5.83. The topological polar surface area (TPSA) is 47.6 Å². The number of benzene rings is 3. The minimum Gasteiger partial charge on any atom is -0.493 e. The highest BCUT2D eigenvalue weighted by Crippen LogP contribution is 2.34. The number of nitrogens with one attached hydrogen (secondary N) is 1. The van der Waals surface area contributed by atoms with Crippen molar-refractivity contribution in [3.8, 4) is 11.5 Å². The van der Waals surface area contributed by atoms with Gasteiger partial charge >= 0.3 is 5.92 Å². The van der Waals surface area contributed by atoms with E-state index in [1.807, 2.05) is 30.3 Å². The molecule has 1 aliphatic rings. The summed E-state index contributed by atoms with van der Waals surface area (Å²) in [6.45, 7) is -0.935. The second kappa shape index (κ2) is 9.01. The number of carbonyl (C=O) groups is 1. The monoisotopic (exact) mass is 455 g/mol. The Bertz CT molecular complexity index is 1190. The molecule has 0 saturated heterocycles. The lowest BCUT2D eigenvalue weighted by Gasteiger charge is -2.19. The number of fused-ring (bicyclic) bond motifs is 1. The Labute approximate surface area is 189 Å². The van der Waals surface area contributed by atoms with Crippen molar-refractivity contribution >= 4 is 23.6 Å².